The molecule has 0 unspecified atom stereocenters. The smallest absolute Gasteiger partial charge is 0.243 e. The summed E-state index contributed by atoms with van der Waals surface area (Å²) in [5, 5.41) is 0. The van der Waals surface area contributed by atoms with Crippen LogP contribution in [0.25, 0.3) is 5.65 Å². The number of hydrogen-bond acceptors (Lipinski definition) is 4. The zero-order valence-corrected chi connectivity index (χ0v) is 15.3. The highest BCUT2D eigenvalue weighted by Crippen LogP contribution is 2.24. The van der Waals surface area contributed by atoms with E-state index in [0.717, 1.165) is 16.9 Å². The molecule has 0 aliphatic carbocycles. The minimum Gasteiger partial charge on any atom is -0.496 e. The maximum Gasteiger partial charge on any atom is 0.243 e. The second kappa shape index (κ2) is 6.85. The molecule has 0 atom stereocenters. The lowest BCUT2D eigenvalue weighted by Gasteiger charge is -2.21. The summed E-state index contributed by atoms with van der Waals surface area (Å²) < 4.78 is 34.6. The van der Waals surface area contributed by atoms with Gasteiger partial charge in [0.15, 0.2) is 0 Å². The van der Waals surface area contributed by atoms with E-state index in [-0.39, 0.29) is 11.4 Å². The summed E-state index contributed by atoms with van der Waals surface area (Å²) in [6.07, 6.45) is 3.60. The van der Waals surface area contributed by atoms with Crippen molar-refractivity contribution in [3.63, 3.8) is 0 Å². The molecule has 0 aliphatic rings. The topological polar surface area (TPSA) is 63.9 Å². The van der Waals surface area contributed by atoms with E-state index in [9.17, 15) is 8.42 Å². The highest BCUT2D eigenvalue weighted by Gasteiger charge is 2.25. The van der Waals surface area contributed by atoms with Crippen molar-refractivity contribution in [1.82, 2.24) is 13.7 Å². The van der Waals surface area contributed by atoms with Crippen molar-refractivity contribution in [1.29, 1.82) is 0 Å². The van der Waals surface area contributed by atoms with Gasteiger partial charge in [-0.1, -0.05) is 13.0 Å². The molecule has 0 radical (unpaired) electrons. The first-order valence-corrected chi connectivity index (χ1v) is 9.47. The van der Waals surface area contributed by atoms with Gasteiger partial charge in [0, 0.05) is 12.7 Å². The third-order valence-electron chi connectivity index (χ3n) is 4.19. The molecule has 2 heterocycles. The standard InChI is InChI=1S/C18H21N3O3S/c1-4-20(13-15-12-19-18-7-5-6-10-21(15)18)25(22,23)16-8-9-17(24-3)14(2)11-16/h5-12H,4,13H2,1-3H3. The van der Waals surface area contributed by atoms with Crippen molar-refractivity contribution in [3.8, 4) is 5.75 Å². The van der Waals surface area contributed by atoms with E-state index in [2.05, 4.69) is 4.98 Å². The first-order valence-electron chi connectivity index (χ1n) is 8.03. The van der Waals surface area contributed by atoms with Crippen molar-refractivity contribution >= 4 is 15.7 Å². The van der Waals surface area contributed by atoms with Crippen LogP contribution < -0.4 is 4.74 Å². The maximum atomic E-state index is 13.0. The molecule has 0 aliphatic heterocycles. The zero-order chi connectivity index (χ0) is 18.0. The second-order valence-electron chi connectivity index (χ2n) is 5.74. The monoisotopic (exact) mass is 359 g/mol. The lowest BCUT2D eigenvalue weighted by molar-refractivity contribution is 0.409. The lowest BCUT2D eigenvalue weighted by Crippen LogP contribution is -2.31. The summed E-state index contributed by atoms with van der Waals surface area (Å²) in [5.41, 5.74) is 2.41. The molecule has 0 amide bonds. The Morgan fingerprint density at radius 3 is 2.72 bits per heavy atom. The third-order valence-corrected chi connectivity index (χ3v) is 6.11. The molecular formula is C18H21N3O3S. The van der Waals surface area contributed by atoms with Crippen molar-refractivity contribution in [2.75, 3.05) is 13.7 Å². The Morgan fingerprint density at radius 2 is 2.04 bits per heavy atom. The number of aromatic nitrogens is 2. The summed E-state index contributed by atoms with van der Waals surface area (Å²) in [6.45, 7) is 4.29. The highest BCUT2D eigenvalue weighted by molar-refractivity contribution is 7.89. The quantitative estimate of drug-likeness (QED) is 0.679. The fraction of sp³-hybridized carbons (Fsp3) is 0.278. The van der Waals surface area contributed by atoms with Crippen LogP contribution in [-0.2, 0) is 16.6 Å². The Kier molecular flexibility index (Phi) is 4.78. The molecule has 3 aromatic rings. The number of ether oxygens (including phenoxy) is 1. The van der Waals surface area contributed by atoms with Crippen LogP contribution in [0.2, 0.25) is 0 Å². The molecule has 0 N–H and O–H groups in total. The molecule has 0 saturated heterocycles. The first-order chi connectivity index (χ1) is 12.0. The molecule has 25 heavy (non-hydrogen) atoms. The number of rotatable bonds is 6. The molecule has 2 aromatic heterocycles. The van der Waals surface area contributed by atoms with Gasteiger partial charge in [-0.05, 0) is 42.8 Å². The third kappa shape index (κ3) is 3.25. The van der Waals surface area contributed by atoms with Crippen LogP contribution in [0.4, 0.5) is 0 Å². The van der Waals surface area contributed by atoms with Crippen molar-refractivity contribution < 1.29 is 13.2 Å². The number of sulfonamides is 1. The predicted octanol–water partition coefficient (Wildman–Crippen LogP) is 2.86. The highest BCUT2D eigenvalue weighted by atomic mass is 32.2. The Balaban J connectivity index is 1.95. The van der Waals surface area contributed by atoms with Crippen LogP contribution in [0.1, 0.15) is 18.2 Å². The second-order valence-corrected chi connectivity index (χ2v) is 7.68. The number of imidazole rings is 1. The van der Waals surface area contributed by atoms with Gasteiger partial charge in [0.25, 0.3) is 0 Å². The van der Waals surface area contributed by atoms with E-state index in [1.807, 2.05) is 42.6 Å². The zero-order valence-electron chi connectivity index (χ0n) is 14.5. The van der Waals surface area contributed by atoms with Gasteiger partial charge in [-0.25, -0.2) is 13.4 Å². The van der Waals surface area contributed by atoms with Crippen molar-refractivity contribution in [3.05, 3.63) is 60.0 Å². The normalized spacial score (nSPS) is 12.0. The molecule has 0 bridgehead atoms. The molecule has 0 fully saturated rings. The molecule has 7 heteroatoms. The minimum atomic E-state index is -3.61. The molecule has 3 rings (SSSR count). The van der Waals surface area contributed by atoms with Crippen LogP contribution in [0.5, 0.6) is 5.75 Å². The summed E-state index contributed by atoms with van der Waals surface area (Å²) in [6, 6.07) is 10.6. The Bertz CT molecular complexity index is 996. The molecule has 1 aromatic carbocycles. The Hall–Kier alpha value is -2.38. The van der Waals surface area contributed by atoms with Gasteiger partial charge < -0.3 is 9.14 Å². The summed E-state index contributed by atoms with van der Waals surface area (Å²) in [4.78, 5) is 4.59. The number of benzene rings is 1. The predicted molar refractivity (Wildman–Crippen MR) is 96.2 cm³/mol. The average Bonchev–Trinajstić information content (AvgIpc) is 3.02. The number of pyridine rings is 1. The van der Waals surface area contributed by atoms with E-state index < -0.39 is 10.0 Å². The number of fused-ring (bicyclic) bond motifs is 1. The van der Waals surface area contributed by atoms with Crippen molar-refractivity contribution in [2.45, 2.75) is 25.3 Å². The Labute approximate surface area is 147 Å². The fourth-order valence-corrected chi connectivity index (χ4v) is 4.32. The van der Waals surface area contributed by atoms with E-state index in [1.165, 1.54) is 4.31 Å². The average molecular weight is 359 g/mol. The van der Waals surface area contributed by atoms with Crippen LogP contribution in [0.3, 0.4) is 0 Å². The van der Waals surface area contributed by atoms with E-state index in [4.69, 9.17) is 4.74 Å². The fourth-order valence-electron chi connectivity index (χ4n) is 2.81. The van der Waals surface area contributed by atoms with Gasteiger partial charge in [0.1, 0.15) is 11.4 Å². The Morgan fingerprint density at radius 1 is 1.24 bits per heavy atom. The summed E-state index contributed by atoms with van der Waals surface area (Å²) in [5.74, 6) is 0.670. The van der Waals surface area contributed by atoms with Gasteiger partial charge in [-0.3, -0.25) is 0 Å². The number of methoxy groups -OCH3 is 1. The van der Waals surface area contributed by atoms with Crippen LogP contribution >= 0.6 is 0 Å². The van der Waals surface area contributed by atoms with Crippen LogP contribution in [0, 0.1) is 6.92 Å². The maximum absolute atomic E-state index is 13.0. The van der Waals surface area contributed by atoms with Gasteiger partial charge in [0.2, 0.25) is 10.0 Å². The van der Waals surface area contributed by atoms with Gasteiger partial charge in [-0.2, -0.15) is 4.31 Å². The molecule has 0 spiro atoms. The van der Waals surface area contributed by atoms with Gasteiger partial charge in [0.05, 0.1) is 30.4 Å². The summed E-state index contributed by atoms with van der Waals surface area (Å²) in [7, 11) is -2.04. The van der Waals surface area contributed by atoms with Crippen molar-refractivity contribution in [2.24, 2.45) is 0 Å². The molecule has 132 valence electrons. The van der Waals surface area contributed by atoms with E-state index in [0.29, 0.717) is 12.3 Å². The minimum absolute atomic E-state index is 0.259. The van der Waals surface area contributed by atoms with Crippen LogP contribution in [0.15, 0.2) is 53.7 Å². The molecular weight excluding hydrogens is 338 g/mol. The summed E-state index contributed by atoms with van der Waals surface area (Å²) >= 11 is 0. The first kappa shape index (κ1) is 17.4. The van der Waals surface area contributed by atoms with E-state index in [1.54, 1.807) is 31.5 Å². The lowest BCUT2D eigenvalue weighted by atomic mass is 10.2. The largest absolute Gasteiger partial charge is 0.496 e. The van der Waals surface area contributed by atoms with Gasteiger partial charge >= 0.3 is 0 Å². The van der Waals surface area contributed by atoms with E-state index >= 15 is 0 Å². The SMILES string of the molecule is CCN(Cc1cnc2ccccn12)S(=O)(=O)c1ccc(OC)c(C)c1. The number of nitrogens with zero attached hydrogens (tertiary/aromatic N) is 3. The van der Waals surface area contributed by atoms with Gasteiger partial charge in [-0.15, -0.1) is 0 Å². The molecule has 0 saturated carbocycles. The van der Waals surface area contributed by atoms with Crippen LogP contribution in [-0.4, -0.2) is 35.8 Å². The number of hydrogen-bond donors (Lipinski definition) is 0. The molecule has 6 nitrogen and oxygen atoms in total. The number of aryl methyl sites for hydroxylation is 1.